The molecule has 0 bridgehead atoms. The van der Waals surface area contributed by atoms with Crippen LogP contribution in [-0.2, 0) is 4.79 Å². The van der Waals surface area contributed by atoms with Gasteiger partial charge in [0.2, 0.25) is 0 Å². The fraction of sp³-hybridized carbons (Fsp3) is 0.364. The molecule has 1 aliphatic heterocycles. The second-order valence-corrected chi connectivity index (χ2v) is 4.99. The third-order valence-corrected chi connectivity index (χ3v) is 3.73. The maximum Gasteiger partial charge on any atom is 0.454 e. The number of fused-ring (bicyclic) bond motifs is 1. The summed E-state index contributed by atoms with van der Waals surface area (Å²) in [4.78, 5) is 8.82. The molecule has 2 rings (SSSR count). The maximum absolute atomic E-state index is 13.2. The van der Waals surface area contributed by atoms with Crippen LogP contribution in [0.25, 0.3) is 0 Å². The lowest BCUT2D eigenvalue weighted by atomic mass is 10.0. The van der Waals surface area contributed by atoms with Crippen LogP contribution in [-0.4, -0.2) is 24.6 Å². The molecule has 1 N–H and O–H groups in total. The number of carbonyl (C=O) groups is 1. The standard InChI is InChI=1S/C11H7BrF5NO2/c12-9(10(13,14)11(15,16)17)5-1-2-7-6(3-5)18-8(19)4-20-7/h1-3,9H,4H2,(H,18,19). The fourth-order valence-corrected chi connectivity index (χ4v) is 2.16. The number of rotatable bonds is 2. The molecule has 110 valence electrons. The summed E-state index contributed by atoms with van der Waals surface area (Å²) in [6, 6.07) is 3.33. The Balaban J connectivity index is 2.34. The number of amides is 1. The highest BCUT2D eigenvalue weighted by Gasteiger charge is 2.62. The summed E-state index contributed by atoms with van der Waals surface area (Å²) in [7, 11) is 0. The van der Waals surface area contributed by atoms with Crippen molar-refractivity contribution in [2.75, 3.05) is 11.9 Å². The van der Waals surface area contributed by atoms with Crippen LogP contribution in [0.1, 0.15) is 10.4 Å². The van der Waals surface area contributed by atoms with Gasteiger partial charge in [-0.05, 0) is 17.7 Å². The molecule has 1 amide bonds. The monoisotopic (exact) mass is 359 g/mol. The first kappa shape index (κ1) is 15.0. The summed E-state index contributed by atoms with van der Waals surface area (Å²) >= 11 is 2.36. The summed E-state index contributed by atoms with van der Waals surface area (Å²) in [6.07, 6.45) is -5.68. The molecule has 0 fully saturated rings. The third-order valence-electron chi connectivity index (χ3n) is 2.63. The molecule has 0 saturated heterocycles. The van der Waals surface area contributed by atoms with E-state index in [1.54, 1.807) is 0 Å². The highest BCUT2D eigenvalue weighted by atomic mass is 79.9. The van der Waals surface area contributed by atoms with Gasteiger partial charge in [-0.1, -0.05) is 22.0 Å². The summed E-state index contributed by atoms with van der Waals surface area (Å²) < 4.78 is 68.3. The predicted molar refractivity (Wildman–Crippen MR) is 63.2 cm³/mol. The molecule has 0 radical (unpaired) electrons. The van der Waals surface area contributed by atoms with Crippen LogP contribution in [0.2, 0.25) is 0 Å². The van der Waals surface area contributed by atoms with E-state index in [0.717, 1.165) is 12.1 Å². The molecule has 1 unspecified atom stereocenters. The summed E-state index contributed by atoms with van der Waals surface area (Å²) in [5, 5.41) is 2.33. The lowest BCUT2D eigenvalue weighted by Gasteiger charge is -2.26. The minimum atomic E-state index is -5.68. The lowest BCUT2D eigenvalue weighted by molar-refractivity contribution is -0.281. The first-order valence-electron chi connectivity index (χ1n) is 5.28. The van der Waals surface area contributed by atoms with Gasteiger partial charge in [0.25, 0.3) is 5.91 Å². The number of anilines is 1. The predicted octanol–water partition coefficient (Wildman–Crippen LogP) is 3.65. The van der Waals surface area contributed by atoms with Crippen LogP contribution in [0.15, 0.2) is 18.2 Å². The zero-order valence-corrected chi connectivity index (χ0v) is 11.2. The average molecular weight is 360 g/mol. The number of alkyl halides is 6. The van der Waals surface area contributed by atoms with Gasteiger partial charge >= 0.3 is 12.1 Å². The molecular formula is C11H7BrF5NO2. The van der Waals surface area contributed by atoms with Gasteiger partial charge in [0.05, 0.1) is 5.69 Å². The van der Waals surface area contributed by atoms with E-state index >= 15 is 0 Å². The van der Waals surface area contributed by atoms with Crippen molar-refractivity contribution in [3.8, 4) is 5.75 Å². The van der Waals surface area contributed by atoms with Crippen molar-refractivity contribution < 1.29 is 31.5 Å². The van der Waals surface area contributed by atoms with Gasteiger partial charge in [-0.2, -0.15) is 22.0 Å². The Hall–Kier alpha value is -1.38. The molecule has 1 aliphatic rings. The highest BCUT2D eigenvalue weighted by molar-refractivity contribution is 9.09. The molecule has 9 heteroatoms. The van der Waals surface area contributed by atoms with Crippen molar-refractivity contribution in [3.05, 3.63) is 23.8 Å². The van der Waals surface area contributed by atoms with Crippen molar-refractivity contribution in [1.82, 2.24) is 0 Å². The Morgan fingerprint density at radius 3 is 2.50 bits per heavy atom. The van der Waals surface area contributed by atoms with Crippen LogP contribution < -0.4 is 10.1 Å². The number of nitrogens with one attached hydrogen (secondary N) is 1. The van der Waals surface area contributed by atoms with E-state index in [0.29, 0.717) is 0 Å². The number of halogens is 6. The van der Waals surface area contributed by atoms with Gasteiger partial charge in [0, 0.05) is 0 Å². The van der Waals surface area contributed by atoms with Gasteiger partial charge in [-0.3, -0.25) is 4.79 Å². The van der Waals surface area contributed by atoms with E-state index in [4.69, 9.17) is 4.74 Å². The molecule has 0 aromatic heterocycles. The Labute approximate surface area is 118 Å². The number of hydrogen-bond donors (Lipinski definition) is 1. The smallest absolute Gasteiger partial charge is 0.454 e. The van der Waals surface area contributed by atoms with E-state index < -0.39 is 22.8 Å². The zero-order chi connectivity index (χ0) is 15.1. The number of carbonyl (C=O) groups excluding carboxylic acids is 1. The SMILES string of the molecule is O=C1COc2ccc(C(Br)C(F)(F)C(F)(F)F)cc2N1. The van der Waals surface area contributed by atoms with Crippen LogP contribution in [0.5, 0.6) is 5.75 Å². The fourth-order valence-electron chi connectivity index (χ4n) is 1.61. The minimum Gasteiger partial charge on any atom is -0.482 e. The summed E-state index contributed by atoms with van der Waals surface area (Å²) in [6.45, 7) is -0.233. The Morgan fingerprint density at radius 1 is 1.25 bits per heavy atom. The molecule has 20 heavy (non-hydrogen) atoms. The second-order valence-electron chi connectivity index (χ2n) is 4.08. The third kappa shape index (κ3) is 2.58. The second kappa shape index (κ2) is 4.87. The van der Waals surface area contributed by atoms with Gasteiger partial charge in [-0.15, -0.1) is 0 Å². The zero-order valence-electron chi connectivity index (χ0n) is 9.60. The van der Waals surface area contributed by atoms with Crippen molar-refractivity contribution in [2.45, 2.75) is 16.9 Å². The molecule has 1 heterocycles. The summed E-state index contributed by atoms with van der Waals surface area (Å²) in [5.74, 6) is -5.24. The lowest BCUT2D eigenvalue weighted by Crippen LogP contribution is -2.40. The van der Waals surface area contributed by atoms with Gasteiger partial charge in [0.15, 0.2) is 6.61 Å². The minimum absolute atomic E-state index is 0.0566. The Kier molecular flexibility index (Phi) is 3.66. The molecule has 1 aromatic rings. The van der Waals surface area contributed by atoms with Crippen LogP contribution in [0.4, 0.5) is 27.6 Å². The molecule has 1 aromatic carbocycles. The maximum atomic E-state index is 13.2. The van der Waals surface area contributed by atoms with E-state index in [1.807, 2.05) is 0 Å². The van der Waals surface area contributed by atoms with Crippen molar-refractivity contribution in [3.63, 3.8) is 0 Å². The normalized spacial score (nSPS) is 17.0. The Bertz CT molecular complexity index is 546. The van der Waals surface area contributed by atoms with Crippen LogP contribution >= 0.6 is 15.9 Å². The first-order chi connectivity index (χ1) is 9.13. The molecule has 1 atom stereocenters. The largest absolute Gasteiger partial charge is 0.482 e. The molecule has 0 aliphatic carbocycles. The first-order valence-corrected chi connectivity index (χ1v) is 6.19. The van der Waals surface area contributed by atoms with E-state index in [1.165, 1.54) is 6.07 Å². The van der Waals surface area contributed by atoms with Crippen molar-refractivity contribution >= 4 is 27.5 Å². The number of ether oxygens (including phenoxy) is 1. The average Bonchev–Trinajstić information content (AvgIpc) is 2.35. The van der Waals surface area contributed by atoms with Crippen LogP contribution in [0, 0.1) is 0 Å². The quantitative estimate of drug-likeness (QED) is 0.646. The van der Waals surface area contributed by atoms with Crippen molar-refractivity contribution in [1.29, 1.82) is 0 Å². The van der Waals surface area contributed by atoms with E-state index in [9.17, 15) is 26.7 Å². The van der Waals surface area contributed by atoms with E-state index in [-0.39, 0.29) is 23.6 Å². The number of hydrogen-bond acceptors (Lipinski definition) is 2. The molecule has 0 spiro atoms. The van der Waals surface area contributed by atoms with Crippen molar-refractivity contribution in [2.24, 2.45) is 0 Å². The Morgan fingerprint density at radius 2 is 1.90 bits per heavy atom. The van der Waals surface area contributed by atoms with Gasteiger partial charge in [-0.25, -0.2) is 0 Å². The number of benzene rings is 1. The summed E-state index contributed by atoms with van der Waals surface area (Å²) in [5.41, 5.74) is -0.266. The topological polar surface area (TPSA) is 38.3 Å². The van der Waals surface area contributed by atoms with Gasteiger partial charge < -0.3 is 10.1 Å². The molecule has 3 nitrogen and oxygen atoms in total. The molecular weight excluding hydrogens is 353 g/mol. The van der Waals surface area contributed by atoms with E-state index in [2.05, 4.69) is 21.2 Å². The molecule has 0 saturated carbocycles. The van der Waals surface area contributed by atoms with Crippen LogP contribution in [0.3, 0.4) is 0 Å². The highest BCUT2D eigenvalue weighted by Crippen LogP contribution is 2.49. The van der Waals surface area contributed by atoms with Gasteiger partial charge in [0.1, 0.15) is 10.6 Å².